The van der Waals surface area contributed by atoms with E-state index in [1.54, 1.807) is 0 Å². The molecule has 0 amide bonds. The first-order valence-corrected chi connectivity index (χ1v) is 7.63. The van der Waals surface area contributed by atoms with Gasteiger partial charge in [0.1, 0.15) is 12.4 Å². The van der Waals surface area contributed by atoms with Crippen molar-refractivity contribution in [1.82, 2.24) is 0 Å². The Kier molecular flexibility index (Phi) is 5.68. The minimum atomic E-state index is 0.689. The van der Waals surface area contributed by atoms with Gasteiger partial charge < -0.3 is 9.64 Å². The van der Waals surface area contributed by atoms with Crippen molar-refractivity contribution in [2.45, 2.75) is 20.3 Å². The highest BCUT2D eigenvalue weighted by Gasteiger charge is 2.01. The topological polar surface area (TPSA) is 12.5 Å². The largest absolute Gasteiger partial charge is 0.492 e. The molecule has 2 rings (SSSR count). The summed E-state index contributed by atoms with van der Waals surface area (Å²) in [6.45, 7) is 6.04. The first-order valence-electron chi connectivity index (χ1n) is 7.63. The monoisotopic (exact) mass is 283 g/mol. The zero-order valence-corrected chi connectivity index (χ0v) is 13.3. The second-order valence-corrected chi connectivity index (χ2v) is 5.85. The number of hydrogen-bond donors (Lipinski definition) is 0. The van der Waals surface area contributed by atoms with E-state index >= 15 is 0 Å². The number of benzene rings is 2. The van der Waals surface area contributed by atoms with Gasteiger partial charge in [-0.2, -0.15) is 0 Å². The van der Waals surface area contributed by atoms with Crippen LogP contribution in [0.2, 0.25) is 0 Å². The lowest BCUT2D eigenvalue weighted by molar-refractivity contribution is 0.326. The molecule has 0 spiro atoms. The molecule has 0 N–H and O–H groups in total. The molecule has 112 valence electrons. The molecule has 0 aliphatic rings. The molecule has 0 atom stereocenters. The van der Waals surface area contributed by atoms with Gasteiger partial charge >= 0.3 is 0 Å². The molecule has 0 heterocycles. The number of rotatable bonds is 7. The molecule has 21 heavy (non-hydrogen) atoms. The van der Waals surface area contributed by atoms with Crippen LogP contribution in [0.15, 0.2) is 54.6 Å². The molecule has 0 saturated heterocycles. The predicted molar refractivity (Wildman–Crippen MR) is 90.2 cm³/mol. The lowest BCUT2D eigenvalue weighted by atomic mass is 10.0. The SMILES string of the molecule is CC(C)Cc1ccc(OCCN(C)c2ccccc2)cc1. The highest BCUT2D eigenvalue weighted by Crippen LogP contribution is 2.15. The Bertz CT molecular complexity index is 519. The standard InChI is InChI=1S/C19H25NO/c1-16(2)15-17-9-11-19(12-10-17)21-14-13-20(3)18-7-5-4-6-8-18/h4-12,16H,13-15H2,1-3H3. The molecular formula is C19H25NO. The van der Waals surface area contributed by atoms with E-state index in [-0.39, 0.29) is 0 Å². The number of nitrogens with zero attached hydrogens (tertiary/aromatic N) is 1. The molecule has 2 aromatic rings. The number of anilines is 1. The van der Waals surface area contributed by atoms with Crippen LogP contribution in [0.25, 0.3) is 0 Å². The third kappa shape index (κ3) is 5.14. The molecule has 2 nitrogen and oxygen atoms in total. The van der Waals surface area contributed by atoms with Crippen LogP contribution in [0.4, 0.5) is 5.69 Å². The summed E-state index contributed by atoms with van der Waals surface area (Å²) in [6.07, 6.45) is 1.12. The third-order valence-corrected chi connectivity index (χ3v) is 3.46. The Labute approximate surface area is 128 Å². The molecule has 2 aromatic carbocycles. The maximum atomic E-state index is 5.82. The van der Waals surface area contributed by atoms with E-state index in [0.717, 1.165) is 18.7 Å². The van der Waals surface area contributed by atoms with Crippen molar-refractivity contribution in [3.63, 3.8) is 0 Å². The van der Waals surface area contributed by atoms with Crippen LogP contribution in [0, 0.1) is 5.92 Å². The van der Waals surface area contributed by atoms with Crippen molar-refractivity contribution >= 4 is 5.69 Å². The minimum Gasteiger partial charge on any atom is -0.492 e. The second kappa shape index (κ2) is 7.72. The van der Waals surface area contributed by atoms with Gasteiger partial charge in [-0.25, -0.2) is 0 Å². The maximum Gasteiger partial charge on any atom is 0.119 e. The number of hydrogen-bond acceptors (Lipinski definition) is 2. The van der Waals surface area contributed by atoms with E-state index in [9.17, 15) is 0 Å². The molecule has 0 aromatic heterocycles. The van der Waals surface area contributed by atoms with Crippen molar-refractivity contribution in [3.05, 3.63) is 60.2 Å². The van der Waals surface area contributed by atoms with Crippen molar-refractivity contribution in [1.29, 1.82) is 0 Å². The van der Waals surface area contributed by atoms with Gasteiger partial charge in [0.25, 0.3) is 0 Å². The van der Waals surface area contributed by atoms with Crippen LogP contribution in [0.1, 0.15) is 19.4 Å². The molecule has 0 fully saturated rings. The fourth-order valence-corrected chi connectivity index (χ4v) is 2.31. The summed E-state index contributed by atoms with van der Waals surface area (Å²) in [5, 5.41) is 0. The van der Waals surface area contributed by atoms with Crippen LogP contribution in [-0.2, 0) is 6.42 Å². The summed E-state index contributed by atoms with van der Waals surface area (Å²) in [5.74, 6) is 1.64. The van der Waals surface area contributed by atoms with Crippen molar-refractivity contribution < 1.29 is 4.74 Å². The molecule has 0 saturated carbocycles. The number of likely N-dealkylation sites (N-methyl/N-ethyl adjacent to an activating group) is 1. The fourth-order valence-electron chi connectivity index (χ4n) is 2.31. The Morgan fingerprint density at radius 2 is 1.62 bits per heavy atom. The molecule has 0 unspecified atom stereocenters. The van der Waals surface area contributed by atoms with Crippen LogP contribution < -0.4 is 9.64 Å². The molecule has 2 heteroatoms. The normalized spacial score (nSPS) is 10.7. The highest BCUT2D eigenvalue weighted by molar-refractivity contribution is 5.44. The van der Waals surface area contributed by atoms with Gasteiger partial charge in [0.15, 0.2) is 0 Å². The third-order valence-electron chi connectivity index (χ3n) is 3.46. The van der Waals surface area contributed by atoms with Crippen LogP contribution in [0.3, 0.4) is 0 Å². The zero-order chi connectivity index (χ0) is 15.1. The molecular weight excluding hydrogens is 258 g/mol. The first-order chi connectivity index (χ1) is 10.1. The molecule has 0 aliphatic carbocycles. The Morgan fingerprint density at radius 3 is 2.24 bits per heavy atom. The fraction of sp³-hybridized carbons (Fsp3) is 0.368. The number of ether oxygens (including phenoxy) is 1. The Balaban J connectivity index is 1.78. The van der Waals surface area contributed by atoms with E-state index < -0.39 is 0 Å². The maximum absolute atomic E-state index is 5.82. The van der Waals surface area contributed by atoms with E-state index in [2.05, 4.69) is 74.3 Å². The first kappa shape index (κ1) is 15.4. The van der Waals surface area contributed by atoms with Gasteiger partial charge in [-0.1, -0.05) is 44.2 Å². The highest BCUT2D eigenvalue weighted by atomic mass is 16.5. The van der Waals surface area contributed by atoms with Crippen LogP contribution >= 0.6 is 0 Å². The number of para-hydroxylation sites is 1. The summed E-state index contributed by atoms with van der Waals surface area (Å²) in [7, 11) is 2.09. The van der Waals surface area contributed by atoms with E-state index in [4.69, 9.17) is 4.74 Å². The smallest absolute Gasteiger partial charge is 0.119 e. The van der Waals surface area contributed by atoms with Gasteiger partial charge in [0.2, 0.25) is 0 Å². The average Bonchev–Trinajstić information content (AvgIpc) is 2.49. The summed E-state index contributed by atoms with van der Waals surface area (Å²) in [4.78, 5) is 2.20. The Hall–Kier alpha value is -1.96. The van der Waals surface area contributed by atoms with E-state index in [0.29, 0.717) is 12.5 Å². The van der Waals surface area contributed by atoms with Crippen molar-refractivity contribution in [2.24, 2.45) is 5.92 Å². The van der Waals surface area contributed by atoms with E-state index in [1.165, 1.54) is 11.3 Å². The minimum absolute atomic E-state index is 0.689. The summed E-state index contributed by atoms with van der Waals surface area (Å²) >= 11 is 0. The summed E-state index contributed by atoms with van der Waals surface area (Å²) in [5.41, 5.74) is 2.59. The lowest BCUT2D eigenvalue weighted by Gasteiger charge is -2.19. The van der Waals surface area contributed by atoms with Crippen molar-refractivity contribution in [2.75, 3.05) is 25.1 Å². The predicted octanol–water partition coefficient (Wildman–Crippen LogP) is 4.40. The molecule has 0 aliphatic heterocycles. The van der Waals surface area contributed by atoms with Crippen LogP contribution in [0.5, 0.6) is 5.75 Å². The Morgan fingerprint density at radius 1 is 0.952 bits per heavy atom. The van der Waals surface area contributed by atoms with Crippen LogP contribution in [-0.4, -0.2) is 20.2 Å². The zero-order valence-electron chi connectivity index (χ0n) is 13.3. The van der Waals surface area contributed by atoms with Gasteiger partial charge in [0.05, 0.1) is 6.54 Å². The quantitative estimate of drug-likeness (QED) is 0.746. The van der Waals surface area contributed by atoms with Crippen molar-refractivity contribution in [3.8, 4) is 5.75 Å². The molecule has 0 radical (unpaired) electrons. The van der Waals surface area contributed by atoms with E-state index in [1.807, 2.05) is 6.07 Å². The summed E-state index contributed by atoms with van der Waals surface area (Å²) < 4.78 is 5.82. The molecule has 0 bridgehead atoms. The van der Waals surface area contributed by atoms with Gasteiger partial charge in [-0.3, -0.25) is 0 Å². The lowest BCUT2D eigenvalue weighted by Crippen LogP contribution is -2.23. The van der Waals surface area contributed by atoms with Gasteiger partial charge in [-0.15, -0.1) is 0 Å². The van der Waals surface area contributed by atoms with Gasteiger partial charge in [-0.05, 0) is 42.2 Å². The van der Waals surface area contributed by atoms with Gasteiger partial charge in [0, 0.05) is 12.7 Å². The summed E-state index contributed by atoms with van der Waals surface area (Å²) in [6, 6.07) is 18.8. The average molecular weight is 283 g/mol. The second-order valence-electron chi connectivity index (χ2n) is 5.85.